The number of nitrogens with zero attached hydrogens (tertiary/aromatic N) is 1. The van der Waals surface area contributed by atoms with Crippen LogP contribution in [0.15, 0.2) is 24.3 Å². The van der Waals surface area contributed by atoms with Crippen molar-refractivity contribution < 1.29 is 4.74 Å². The molecule has 0 radical (unpaired) electrons. The van der Waals surface area contributed by atoms with Gasteiger partial charge in [0.1, 0.15) is 12.4 Å². The summed E-state index contributed by atoms with van der Waals surface area (Å²) in [5, 5.41) is 4.35. The lowest BCUT2D eigenvalue weighted by Gasteiger charge is -2.49. The summed E-state index contributed by atoms with van der Waals surface area (Å²) in [5.41, 5.74) is 0.389. The molecule has 0 amide bonds. The van der Waals surface area contributed by atoms with Crippen molar-refractivity contribution in [2.24, 2.45) is 0 Å². The number of ether oxygens (including phenoxy) is 1. The molecule has 1 aliphatic heterocycles. The predicted octanol–water partition coefficient (Wildman–Crippen LogP) is 3.33. The highest BCUT2D eigenvalue weighted by Crippen LogP contribution is 2.34. The highest BCUT2D eigenvalue weighted by molar-refractivity contribution is 6.30. The second-order valence-corrected chi connectivity index (χ2v) is 6.69. The Labute approximate surface area is 132 Å². The van der Waals surface area contributed by atoms with E-state index in [1.807, 2.05) is 24.3 Å². The summed E-state index contributed by atoms with van der Waals surface area (Å²) in [6.45, 7) is 5.16. The third kappa shape index (κ3) is 3.71. The van der Waals surface area contributed by atoms with Gasteiger partial charge in [0, 0.05) is 36.7 Å². The Morgan fingerprint density at radius 2 is 1.90 bits per heavy atom. The number of rotatable bonds is 4. The van der Waals surface area contributed by atoms with Crippen LogP contribution in [0.25, 0.3) is 0 Å². The molecular weight excluding hydrogens is 284 g/mol. The molecule has 2 fully saturated rings. The molecule has 2 aliphatic rings. The standard InChI is InChI=1S/C17H25ClN2O/c18-15-4-6-16(7-5-15)21-13-12-20-11-10-19-14-17(20)8-2-1-3-9-17/h4-7,19H,1-3,8-14H2. The Kier molecular flexibility index (Phi) is 5.04. The van der Waals surface area contributed by atoms with Crippen LogP contribution in [0.3, 0.4) is 0 Å². The lowest BCUT2D eigenvalue weighted by Crippen LogP contribution is -2.62. The van der Waals surface area contributed by atoms with Gasteiger partial charge in [-0.3, -0.25) is 4.90 Å². The number of halogens is 1. The van der Waals surface area contributed by atoms with Crippen molar-refractivity contribution in [1.29, 1.82) is 0 Å². The maximum atomic E-state index is 5.89. The van der Waals surface area contributed by atoms with Crippen molar-refractivity contribution in [3.8, 4) is 5.75 Å². The van der Waals surface area contributed by atoms with Gasteiger partial charge in [0.2, 0.25) is 0 Å². The molecule has 1 heterocycles. The molecule has 1 N–H and O–H groups in total. The Hall–Kier alpha value is -0.770. The van der Waals surface area contributed by atoms with Crippen LogP contribution in [0.5, 0.6) is 5.75 Å². The van der Waals surface area contributed by atoms with E-state index >= 15 is 0 Å². The summed E-state index contributed by atoms with van der Waals surface area (Å²) >= 11 is 5.89. The first kappa shape index (κ1) is 15.1. The minimum absolute atomic E-state index is 0.389. The van der Waals surface area contributed by atoms with Gasteiger partial charge in [-0.1, -0.05) is 30.9 Å². The SMILES string of the molecule is Clc1ccc(OCCN2CCNCC23CCCCC3)cc1. The molecule has 1 aromatic rings. The normalized spacial score (nSPS) is 22.3. The van der Waals surface area contributed by atoms with Crippen molar-refractivity contribution in [2.45, 2.75) is 37.6 Å². The van der Waals surface area contributed by atoms with E-state index in [1.54, 1.807) is 0 Å². The molecule has 1 saturated carbocycles. The van der Waals surface area contributed by atoms with Crippen LogP contribution in [0.2, 0.25) is 5.02 Å². The molecule has 3 nitrogen and oxygen atoms in total. The van der Waals surface area contributed by atoms with E-state index in [2.05, 4.69) is 10.2 Å². The fourth-order valence-electron chi connectivity index (χ4n) is 3.74. The van der Waals surface area contributed by atoms with Gasteiger partial charge in [-0.05, 0) is 37.1 Å². The first-order chi connectivity index (χ1) is 10.3. The molecule has 1 aliphatic carbocycles. The lowest BCUT2D eigenvalue weighted by molar-refractivity contribution is 0.0183. The molecule has 4 heteroatoms. The van der Waals surface area contributed by atoms with E-state index in [9.17, 15) is 0 Å². The van der Waals surface area contributed by atoms with Crippen LogP contribution in [-0.4, -0.2) is 43.2 Å². The quantitative estimate of drug-likeness (QED) is 0.923. The average Bonchev–Trinajstić information content (AvgIpc) is 2.52. The molecule has 0 aromatic heterocycles. The van der Waals surface area contributed by atoms with E-state index in [0.29, 0.717) is 5.54 Å². The van der Waals surface area contributed by atoms with Gasteiger partial charge < -0.3 is 10.1 Å². The third-order valence-electron chi connectivity index (χ3n) is 4.91. The second-order valence-electron chi connectivity index (χ2n) is 6.25. The summed E-state index contributed by atoms with van der Waals surface area (Å²) in [7, 11) is 0. The maximum absolute atomic E-state index is 5.89. The van der Waals surface area contributed by atoms with E-state index in [4.69, 9.17) is 16.3 Å². The minimum atomic E-state index is 0.389. The largest absolute Gasteiger partial charge is 0.492 e. The summed E-state index contributed by atoms with van der Waals surface area (Å²) in [4.78, 5) is 2.67. The Bertz CT molecular complexity index is 434. The summed E-state index contributed by atoms with van der Waals surface area (Å²) in [6, 6.07) is 7.64. The highest BCUT2D eigenvalue weighted by Gasteiger charge is 2.39. The molecule has 116 valence electrons. The molecule has 0 unspecified atom stereocenters. The van der Waals surface area contributed by atoms with Crippen molar-refractivity contribution in [3.63, 3.8) is 0 Å². The summed E-state index contributed by atoms with van der Waals surface area (Å²) < 4.78 is 5.88. The minimum Gasteiger partial charge on any atom is -0.492 e. The topological polar surface area (TPSA) is 24.5 Å². The van der Waals surface area contributed by atoms with Crippen molar-refractivity contribution in [3.05, 3.63) is 29.3 Å². The van der Waals surface area contributed by atoms with Gasteiger partial charge in [-0.25, -0.2) is 0 Å². The van der Waals surface area contributed by atoms with Crippen LogP contribution >= 0.6 is 11.6 Å². The number of hydrogen-bond acceptors (Lipinski definition) is 3. The van der Waals surface area contributed by atoms with Crippen LogP contribution in [0.1, 0.15) is 32.1 Å². The van der Waals surface area contributed by atoms with Gasteiger partial charge in [-0.15, -0.1) is 0 Å². The van der Waals surface area contributed by atoms with Crippen LogP contribution < -0.4 is 10.1 Å². The zero-order valence-electron chi connectivity index (χ0n) is 12.6. The smallest absolute Gasteiger partial charge is 0.119 e. The van der Waals surface area contributed by atoms with Gasteiger partial charge in [-0.2, -0.15) is 0 Å². The third-order valence-corrected chi connectivity index (χ3v) is 5.16. The maximum Gasteiger partial charge on any atom is 0.119 e. The monoisotopic (exact) mass is 308 g/mol. The fraction of sp³-hybridized carbons (Fsp3) is 0.647. The van der Waals surface area contributed by atoms with Crippen molar-refractivity contribution >= 4 is 11.6 Å². The van der Waals surface area contributed by atoms with E-state index in [1.165, 1.54) is 32.1 Å². The van der Waals surface area contributed by atoms with Gasteiger partial charge in [0.15, 0.2) is 0 Å². The van der Waals surface area contributed by atoms with Gasteiger partial charge in [0.25, 0.3) is 0 Å². The van der Waals surface area contributed by atoms with E-state index in [0.717, 1.165) is 43.6 Å². The Morgan fingerprint density at radius 1 is 1.14 bits per heavy atom. The number of nitrogens with one attached hydrogen (secondary N) is 1. The fourth-order valence-corrected chi connectivity index (χ4v) is 3.87. The number of hydrogen-bond donors (Lipinski definition) is 1. The average molecular weight is 309 g/mol. The molecule has 3 rings (SSSR count). The first-order valence-corrected chi connectivity index (χ1v) is 8.50. The molecule has 1 saturated heterocycles. The molecule has 1 spiro atoms. The molecular formula is C17H25ClN2O. The molecule has 0 atom stereocenters. The van der Waals surface area contributed by atoms with Crippen LogP contribution in [0.4, 0.5) is 0 Å². The zero-order valence-corrected chi connectivity index (χ0v) is 13.4. The zero-order chi connectivity index (χ0) is 14.5. The summed E-state index contributed by atoms with van der Waals surface area (Å²) in [5.74, 6) is 0.909. The molecule has 21 heavy (non-hydrogen) atoms. The first-order valence-electron chi connectivity index (χ1n) is 8.13. The van der Waals surface area contributed by atoms with Crippen molar-refractivity contribution in [2.75, 3.05) is 32.8 Å². The van der Waals surface area contributed by atoms with Crippen molar-refractivity contribution in [1.82, 2.24) is 10.2 Å². The van der Waals surface area contributed by atoms with Crippen LogP contribution in [-0.2, 0) is 0 Å². The number of piperazine rings is 1. The van der Waals surface area contributed by atoms with E-state index < -0.39 is 0 Å². The molecule has 1 aromatic carbocycles. The predicted molar refractivity (Wildman–Crippen MR) is 87.2 cm³/mol. The Balaban J connectivity index is 1.54. The number of benzene rings is 1. The Morgan fingerprint density at radius 3 is 2.67 bits per heavy atom. The summed E-state index contributed by atoms with van der Waals surface area (Å²) in [6.07, 6.45) is 6.81. The molecule has 0 bridgehead atoms. The van der Waals surface area contributed by atoms with E-state index in [-0.39, 0.29) is 0 Å². The van der Waals surface area contributed by atoms with Gasteiger partial charge >= 0.3 is 0 Å². The highest BCUT2D eigenvalue weighted by atomic mass is 35.5. The lowest BCUT2D eigenvalue weighted by atomic mass is 9.79. The second kappa shape index (κ2) is 6.99. The van der Waals surface area contributed by atoms with Gasteiger partial charge in [0.05, 0.1) is 0 Å². The van der Waals surface area contributed by atoms with Crippen LogP contribution in [0, 0.1) is 0 Å².